The minimum atomic E-state index is -0.369. The number of rotatable bonds is 4. The maximum Gasteiger partial charge on any atom is 0.245 e. The molecule has 6 nitrogen and oxygen atoms in total. The number of hydrogen-bond acceptors (Lipinski definition) is 5. The predicted octanol–water partition coefficient (Wildman–Crippen LogP) is 0.704. The lowest BCUT2D eigenvalue weighted by molar-refractivity contribution is -0.124. The van der Waals surface area contributed by atoms with Crippen LogP contribution >= 0.6 is 0 Å². The Hall–Kier alpha value is -1.82. The Bertz CT molecular complexity index is 478. The molecule has 20 heavy (non-hydrogen) atoms. The topological polar surface area (TPSA) is 80.5 Å². The van der Waals surface area contributed by atoms with Gasteiger partial charge >= 0.3 is 0 Å². The van der Waals surface area contributed by atoms with E-state index >= 15 is 0 Å². The van der Waals surface area contributed by atoms with Crippen LogP contribution in [0.3, 0.4) is 0 Å². The van der Waals surface area contributed by atoms with Gasteiger partial charge in [0.05, 0.1) is 18.9 Å². The zero-order valence-electron chi connectivity index (χ0n) is 12.1. The number of amides is 1. The fourth-order valence-electron chi connectivity index (χ4n) is 2.22. The van der Waals surface area contributed by atoms with E-state index in [0.29, 0.717) is 37.8 Å². The molecule has 0 bridgehead atoms. The van der Waals surface area contributed by atoms with Gasteiger partial charge in [0.15, 0.2) is 5.82 Å². The molecule has 2 heterocycles. The summed E-state index contributed by atoms with van der Waals surface area (Å²) in [6.45, 7) is 6.19. The van der Waals surface area contributed by atoms with Gasteiger partial charge in [0, 0.05) is 19.3 Å². The first-order valence-corrected chi connectivity index (χ1v) is 6.98. The van der Waals surface area contributed by atoms with Gasteiger partial charge in [-0.25, -0.2) is 4.98 Å². The number of pyridine rings is 1. The van der Waals surface area contributed by atoms with E-state index in [0.717, 1.165) is 12.0 Å². The first kappa shape index (κ1) is 14.6. The highest BCUT2D eigenvalue weighted by molar-refractivity contribution is 5.86. The van der Waals surface area contributed by atoms with E-state index in [1.54, 1.807) is 6.20 Å². The number of nitrogen functional groups attached to an aromatic ring is 1. The predicted molar refractivity (Wildman–Crippen MR) is 78.6 cm³/mol. The molecule has 1 saturated heterocycles. The van der Waals surface area contributed by atoms with Gasteiger partial charge in [-0.2, -0.15) is 0 Å². The van der Waals surface area contributed by atoms with E-state index in [-0.39, 0.29) is 11.9 Å². The van der Waals surface area contributed by atoms with Crippen LogP contribution in [0.5, 0.6) is 0 Å². The van der Waals surface area contributed by atoms with Crippen molar-refractivity contribution in [2.75, 3.05) is 36.9 Å². The average molecular weight is 278 g/mol. The van der Waals surface area contributed by atoms with Crippen molar-refractivity contribution in [3.05, 3.63) is 17.8 Å². The lowest BCUT2D eigenvalue weighted by Crippen LogP contribution is -2.54. The highest BCUT2D eigenvalue weighted by Gasteiger charge is 2.31. The van der Waals surface area contributed by atoms with E-state index in [9.17, 15) is 4.79 Å². The first-order valence-electron chi connectivity index (χ1n) is 6.98. The number of aromatic nitrogens is 1. The normalized spacial score (nSPS) is 18.9. The molecule has 0 aromatic carbocycles. The number of morpholine rings is 1. The summed E-state index contributed by atoms with van der Waals surface area (Å²) in [7, 11) is 0. The summed E-state index contributed by atoms with van der Waals surface area (Å²) in [6, 6.07) is 1.50. The van der Waals surface area contributed by atoms with Gasteiger partial charge in [0.1, 0.15) is 6.04 Å². The van der Waals surface area contributed by atoms with Crippen molar-refractivity contribution < 1.29 is 9.53 Å². The number of hydrogen-bond donors (Lipinski definition) is 2. The summed E-state index contributed by atoms with van der Waals surface area (Å²) >= 11 is 0. The van der Waals surface area contributed by atoms with Gasteiger partial charge in [-0.3, -0.25) is 4.79 Å². The number of carbonyl (C=O) groups excluding carboxylic acids is 1. The minimum absolute atomic E-state index is 0.0331. The van der Waals surface area contributed by atoms with E-state index < -0.39 is 0 Å². The molecule has 1 amide bonds. The summed E-state index contributed by atoms with van der Waals surface area (Å²) in [5.74, 6) is 0.638. The second-order valence-electron chi connectivity index (χ2n) is 4.94. The Balaban J connectivity index is 2.22. The number of nitrogens with zero attached hydrogens (tertiary/aromatic N) is 2. The smallest absolute Gasteiger partial charge is 0.245 e. The van der Waals surface area contributed by atoms with Crippen LogP contribution in [0, 0.1) is 6.92 Å². The molecule has 0 aliphatic carbocycles. The van der Waals surface area contributed by atoms with Crippen molar-refractivity contribution in [2.45, 2.75) is 26.3 Å². The zero-order valence-corrected chi connectivity index (χ0v) is 12.1. The molecule has 1 fully saturated rings. The largest absolute Gasteiger partial charge is 0.396 e. The molecule has 1 aromatic rings. The third kappa shape index (κ3) is 3.01. The fraction of sp³-hybridized carbons (Fsp3) is 0.571. The highest BCUT2D eigenvalue weighted by Crippen LogP contribution is 2.26. The lowest BCUT2D eigenvalue weighted by Gasteiger charge is -2.36. The Morgan fingerprint density at radius 1 is 1.65 bits per heavy atom. The van der Waals surface area contributed by atoms with E-state index in [4.69, 9.17) is 10.5 Å². The maximum absolute atomic E-state index is 12.2. The van der Waals surface area contributed by atoms with Gasteiger partial charge in [0.25, 0.3) is 0 Å². The third-order valence-corrected chi connectivity index (χ3v) is 3.44. The van der Waals surface area contributed by atoms with Gasteiger partial charge in [0.2, 0.25) is 5.91 Å². The standard InChI is InChI=1S/C14H22N4O2/c1-3-5-17-14(19)11-9-20-8-7-18(11)13-12(15)10(2)4-6-16-13/h4,6,11H,3,5,7-9,15H2,1-2H3,(H,17,19). The van der Waals surface area contributed by atoms with Crippen LogP contribution in [0.4, 0.5) is 11.5 Å². The molecule has 1 unspecified atom stereocenters. The number of nitrogens with two attached hydrogens (primary N) is 1. The molecule has 110 valence electrons. The third-order valence-electron chi connectivity index (χ3n) is 3.44. The van der Waals surface area contributed by atoms with Crippen LogP contribution in [-0.2, 0) is 9.53 Å². The summed E-state index contributed by atoms with van der Waals surface area (Å²) < 4.78 is 5.43. The molecule has 6 heteroatoms. The molecule has 1 aliphatic heterocycles. The summed E-state index contributed by atoms with van der Waals surface area (Å²) in [5.41, 5.74) is 7.69. The van der Waals surface area contributed by atoms with Gasteiger partial charge in [-0.1, -0.05) is 6.92 Å². The molecule has 0 saturated carbocycles. The lowest BCUT2D eigenvalue weighted by atomic mass is 10.1. The monoisotopic (exact) mass is 278 g/mol. The molecule has 3 N–H and O–H groups in total. The molecular formula is C14H22N4O2. The van der Waals surface area contributed by atoms with Crippen LogP contribution < -0.4 is 16.0 Å². The Kier molecular flexibility index (Phi) is 4.79. The zero-order chi connectivity index (χ0) is 14.5. The van der Waals surface area contributed by atoms with Crippen LogP contribution in [0.1, 0.15) is 18.9 Å². The molecule has 0 spiro atoms. The maximum atomic E-state index is 12.2. The number of carbonyl (C=O) groups is 1. The quantitative estimate of drug-likeness (QED) is 0.847. The molecule has 1 aliphatic rings. The fourth-order valence-corrected chi connectivity index (χ4v) is 2.22. The highest BCUT2D eigenvalue weighted by atomic mass is 16.5. The SMILES string of the molecule is CCCNC(=O)C1COCCN1c1nccc(C)c1N. The van der Waals surface area contributed by atoms with Gasteiger partial charge in [-0.15, -0.1) is 0 Å². The second kappa shape index (κ2) is 6.56. The Morgan fingerprint density at radius 3 is 3.20 bits per heavy atom. The molecule has 1 aromatic heterocycles. The van der Waals surface area contributed by atoms with Crippen LogP contribution in [0.25, 0.3) is 0 Å². The molecule has 2 rings (SSSR count). The summed E-state index contributed by atoms with van der Waals surface area (Å²) in [4.78, 5) is 18.5. The minimum Gasteiger partial charge on any atom is -0.396 e. The second-order valence-corrected chi connectivity index (χ2v) is 4.94. The molecule has 1 atom stereocenters. The summed E-state index contributed by atoms with van der Waals surface area (Å²) in [6.07, 6.45) is 2.63. The van der Waals surface area contributed by atoms with Crippen molar-refractivity contribution in [1.82, 2.24) is 10.3 Å². The van der Waals surface area contributed by atoms with E-state index in [2.05, 4.69) is 10.3 Å². The number of ether oxygens (including phenoxy) is 1. The number of nitrogens with one attached hydrogen (secondary N) is 1. The molecular weight excluding hydrogens is 256 g/mol. The van der Waals surface area contributed by atoms with Crippen LogP contribution in [0.15, 0.2) is 12.3 Å². The van der Waals surface area contributed by atoms with Crippen molar-refractivity contribution >= 4 is 17.4 Å². The van der Waals surface area contributed by atoms with Crippen molar-refractivity contribution in [1.29, 1.82) is 0 Å². The van der Waals surface area contributed by atoms with Gasteiger partial charge in [-0.05, 0) is 25.0 Å². The Morgan fingerprint density at radius 2 is 2.45 bits per heavy atom. The number of aryl methyl sites for hydroxylation is 1. The average Bonchev–Trinajstić information content (AvgIpc) is 2.47. The van der Waals surface area contributed by atoms with Crippen molar-refractivity contribution in [2.24, 2.45) is 0 Å². The van der Waals surface area contributed by atoms with E-state index in [1.165, 1.54) is 0 Å². The van der Waals surface area contributed by atoms with Crippen molar-refractivity contribution in [3.8, 4) is 0 Å². The summed E-state index contributed by atoms with van der Waals surface area (Å²) in [5, 5.41) is 2.91. The van der Waals surface area contributed by atoms with Crippen LogP contribution in [0.2, 0.25) is 0 Å². The molecule has 0 radical (unpaired) electrons. The van der Waals surface area contributed by atoms with Gasteiger partial charge < -0.3 is 20.7 Å². The first-order chi connectivity index (χ1) is 9.65. The van der Waals surface area contributed by atoms with E-state index in [1.807, 2.05) is 24.8 Å². The van der Waals surface area contributed by atoms with Crippen LogP contribution in [-0.4, -0.2) is 43.2 Å². The van der Waals surface area contributed by atoms with Crippen molar-refractivity contribution in [3.63, 3.8) is 0 Å². The number of anilines is 2. The Labute approximate surface area is 119 Å².